The van der Waals surface area contributed by atoms with Gasteiger partial charge in [-0.05, 0) is 31.4 Å². The third kappa shape index (κ3) is 2.71. The number of amides is 2. The largest absolute Gasteiger partial charge is 0.481 e. The predicted molar refractivity (Wildman–Crippen MR) is 67.4 cm³/mol. The van der Waals surface area contributed by atoms with Crippen molar-refractivity contribution in [1.82, 2.24) is 5.32 Å². The summed E-state index contributed by atoms with van der Waals surface area (Å²) in [5.74, 6) is -2.71. The number of carbonyl (C=O) groups is 2. The number of aryl methyl sites for hydroxylation is 1. The van der Waals surface area contributed by atoms with E-state index < -0.39 is 34.7 Å². The summed E-state index contributed by atoms with van der Waals surface area (Å²) in [5.41, 5.74) is -1.27. The quantitative estimate of drug-likeness (QED) is 0.793. The molecule has 1 aliphatic rings. The molecule has 1 fully saturated rings. The first-order valence-corrected chi connectivity index (χ1v) is 6.08. The number of carboxylic acid groups (broad SMARTS) is 1. The monoisotopic (exact) mass is 284 g/mol. The third-order valence-electron chi connectivity index (χ3n) is 3.42. The molecule has 1 saturated carbocycles. The lowest BCUT2D eigenvalue weighted by Gasteiger charge is -2.13. The number of rotatable bonds is 4. The van der Waals surface area contributed by atoms with Crippen molar-refractivity contribution in [2.75, 3.05) is 11.9 Å². The zero-order valence-corrected chi connectivity index (χ0v) is 10.8. The first-order valence-electron chi connectivity index (χ1n) is 6.08. The minimum absolute atomic E-state index is 0.0662. The Balaban J connectivity index is 1.99. The number of nitrogens with one attached hydrogen (secondary N) is 2. The lowest BCUT2D eigenvalue weighted by Crippen LogP contribution is -2.37. The Bertz CT molecular complexity index is 571. The van der Waals surface area contributed by atoms with Gasteiger partial charge in [-0.2, -0.15) is 0 Å². The fourth-order valence-electron chi connectivity index (χ4n) is 1.80. The van der Waals surface area contributed by atoms with E-state index in [0.717, 1.165) is 6.07 Å². The SMILES string of the molecule is Cc1ccc(F)c(NC(=O)NCC2(C(=O)O)CC2)c1F. The number of urea groups is 1. The van der Waals surface area contributed by atoms with Crippen LogP contribution >= 0.6 is 0 Å². The molecule has 2 rings (SSSR count). The topological polar surface area (TPSA) is 78.4 Å². The van der Waals surface area contributed by atoms with Gasteiger partial charge in [0, 0.05) is 6.54 Å². The number of carboxylic acids is 1. The van der Waals surface area contributed by atoms with Crippen LogP contribution in [0.5, 0.6) is 0 Å². The maximum atomic E-state index is 13.7. The van der Waals surface area contributed by atoms with Gasteiger partial charge in [-0.3, -0.25) is 4.79 Å². The maximum Gasteiger partial charge on any atom is 0.319 e. The van der Waals surface area contributed by atoms with E-state index in [1.165, 1.54) is 13.0 Å². The Labute approximate surface area is 114 Å². The van der Waals surface area contributed by atoms with Crippen molar-refractivity contribution in [1.29, 1.82) is 0 Å². The van der Waals surface area contributed by atoms with Crippen molar-refractivity contribution in [3.63, 3.8) is 0 Å². The third-order valence-corrected chi connectivity index (χ3v) is 3.42. The zero-order chi connectivity index (χ0) is 14.9. The number of aliphatic carboxylic acids is 1. The molecule has 0 radical (unpaired) electrons. The molecule has 1 aromatic rings. The van der Waals surface area contributed by atoms with Crippen molar-refractivity contribution in [3.8, 4) is 0 Å². The average molecular weight is 284 g/mol. The molecule has 0 atom stereocenters. The molecule has 0 aliphatic heterocycles. The second-order valence-corrected chi connectivity index (χ2v) is 4.95. The molecule has 0 aromatic heterocycles. The van der Waals surface area contributed by atoms with Crippen molar-refractivity contribution < 1.29 is 23.5 Å². The summed E-state index contributed by atoms with van der Waals surface area (Å²) in [6.07, 6.45) is 0.964. The summed E-state index contributed by atoms with van der Waals surface area (Å²) < 4.78 is 27.1. The van der Waals surface area contributed by atoms with Crippen LogP contribution in [0.1, 0.15) is 18.4 Å². The highest BCUT2D eigenvalue weighted by Crippen LogP contribution is 2.45. The number of halogens is 2. The summed E-state index contributed by atoms with van der Waals surface area (Å²) in [5, 5.41) is 13.3. The van der Waals surface area contributed by atoms with Gasteiger partial charge in [0.25, 0.3) is 0 Å². The number of hydrogen-bond acceptors (Lipinski definition) is 2. The minimum Gasteiger partial charge on any atom is -0.481 e. The van der Waals surface area contributed by atoms with Crippen molar-refractivity contribution in [2.24, 2.45) is 5.41 Å². The molecule has 1 aromatic carbocycles. The van der Waals surface area contributed by atoms with Gasteiger partial charge in [-0.15, -0.1) is 0 Å². The molecule has 108 valence electrons. The average Bonchev–Trinajstić information content (AvgIpc) is 3.18. The zero-order valence-electron chi connectivity index (χ0n) is 10.8. The fraction of sp³-hybridized carbons (Fsp3) is 0.385. The van der Waals surface area contributed by atoms with Crippen LogP contribution in [0.3, 0.4) is 0 Å². The molecule has 0 bridgehead atoms. The van der Waals surface area contributed by atoms with Crippen molar-refractivity contribution >= 4 is 17.7 Å². The van der Waals surface area contributed by atoms with E-state index in [9.17, 15) is 18.4 Å². The standard InChI is InChI=1S/C13H14F2N2O3/c1-7-2-3-8(14)10(9(7)15)17-12(20)16-6-13(4-5-13)11(18)19/h2-3H,4-6H2,1H3,(H,18,19)(H2,16,17,20). The van der Waals surface area contributed by atoms with Gasteiger partial charge in [0.15, 0.2) is 5.82 Å². The second-order valence-electron chi connectivity index (χ2n) is 4.95. The van der Waals surface area contributed by atoms with E-state index in [2.05, 4.69) is 10.6 Å². The number of hydrogen-bond donors (Lipinski definition) is 3. The van der Waals surface area contributed by atoms with Gasteiger partial charge in [0.1, 0.15) is 11.5 Å². The molecule has 2 amide bonds. The van der Waals surface area contributed by atoms with Crippen molar-refractivity contribution in [3.05, 3.63) is 29.3 Å². The predicted octanol–water partition coefficient (Wildman–Crippen LogP) is 2.26. The van der Waals surface area contributed by atoms with Crippen LogP contribution in [0.4, 0.5) is 19.3 Å². The van der Waals surface area contributed by atoms with E-state index in [0.29, 0.717) is 12.8 Å². The lowest BCUT2D eigenvalue weighted by molar-refractivity contribution is -0.143. The van der Waals surface area contributed by atoms with Gasteiger partial charge in [0.05, 0.1) is 5.41 Å². The van der Waals surface area contributed by atoms with Gasteiger partial charge in [-0.1, -0.05) is 6.07 Å². The van der Waals surface area contributed by atoms with Crippen LogP contribution in [-0.4, -0.2) is 23.7 Å². The van der Waals surface area contributed by atoms with Crippen LogP contribution in [0.25, 0.3) is 0 Å². The Morgan fingerprint density at radius 1 is 1.35 bits per heavy atom. The van der Waals surface area contributed by atoms with Crippen LogP contribution in [0.2, 0.25) is 0 Å². The molecule has 1 aliphatic carbocycles. The lowest BCUT2D eigenvalue weighted by atomic mass is 10.1. The Morgan fingerprint density at radius 2 is 2.00 bits per heavy atom. The Hall–Kier alpha value is -2.18. The van der Waals surface area contributed by atoms with Crippen LogP contribution < -0.4 is 10.6 Å². The van der Waals surface area contributed by atoms with Crippen LogP contribution in [-0.2, 0) is 4.79 Å². The fourth-order valence-corrected chi connectivity index (χ4v) is 1.80. The highest BCUT2D eigenvalue weighted by molar-refractivity contribution is 5.90. The molecular weight excluding hydrogens is 270 g/mol. The Kier molecular flexibility index (Phi) is 3.61. The summed E-state index contributed by atoms with van der Waals surface area (Å²) in [4.78, 5) is 22.5. The van der Waals surface area contributed by atoms with E-state index in [-0.39, 0.29) is 12.1 Å². The van der Waals surface area contributed by atoms with E-state index in [4.69, 9.17) is 5.11 Å². The molecule has 7 heteroatoms. The van der Waals surface area contributed by atoms with Gasteiger partial charge >= 0.3 is 12.0 Å². The maximum absolute atomic E-state index is 13.7. The molecule has 20 heavy (non-hydrogen) atoms. The molecule has 3 N–H and O–H groups in total. The Morgan fingerprint density at radius 3 is 2.55 bits per heavy atom. The number of carbonyl (C=O) groups excluding carboxylic acids is 1. The van der Waals surface area contributed by atoms with E-state index in [1.807, 2.05) is 0 Å². The molecule has 0 spiro atoms. The summed E-state index contributed by atoms with van der Waals surface area (Å²) >= 11 is 0. The molecule has 0 unspecified atom stereocenters. The number of benzene rings is 1. The normalized spacial score (nSPS) is 15.6. The molecular formula is C13H14F2N2O3. The van der Waals surface area contributed by atoms with Crippen LogP contribution in [0, 0.1) is 24.0 Å². The minimum atomic E-state index is -0.981. The van der Waals surface area contributed by atoms with E-state index in [1.54, 1.807) is 0 Å². The van der Waals surface area contributed by atoms with Crippen LogP contribution in [0.15, 0.2) is 12.1 Å². The molecule has 0 heterocycles. The molecule has 5 nitrogen and oxygen atoms in total. The van der Waals surface area contributed by atoms with E-state index >= 15 is 0 Å². The summed E-state index contributed by atoms with van der Waals surface area (Å²) in [7, 11) is 0. The first kappa shape index (κ1) is 14.2. The summed E-state index contributed by atoms with van der Waals surface area (Å²) in [6.45, 7) is 1.38. The van der Waals surface area contributed by atoms with Gasteiger partial charge in [0.2, 0.25) is 0 Å². The van der Waals surface area contributed by atoms with Crippen molar-refractivity contribution in [2.45, 2.75) is 19.8 Å². The first-order chi connectivity index (χ1) is 9.35. The molecule has 0 saturated heterocycles. The highest BCUT2D eigenvalue weighted by atomic mass is 19.1. The van der Waals surface area contributed by atoms with Gasteiger partial charge in [-0.25, -0.2) is 13.6 Å². The highest BCUT2D eigenvalue weighted by Gasteiger charge is 2.50. The second kappa shape index (κ2) is 5.07. The smallest absolute Gasteiger partial charge is 0.319 e. The van der Waals surface area contributed by atoms with Gasteiger partial charge < -0.3 is 15.7 Å². The summed E-state index contributed by atoms with van der Waals surface area (Å²) in [6, 6.07) is 1.48. The number of anilines is 1.